The van der Waals surface area contributed by atoms with Gasteiger partial charge in [0.25, 0.3) is 7.82 Å². The molecule has 7 atom stereocenters. The number of aliphatic carboxylic acids is 1. The zero-order valence-corrected chi connectivity index (χ0v) is 24.2. The number of urea groups is 1. The number of carbonyl (C=O) groups excluding carboxylic acids is 1. The van der Waals surface area contributed by atoms with E-state index in [1.807, 2.05) is 6.07 Å². The van der Waals surface area contributed by atoms with Crippen molar-refractivity contribution in [3.8, 4) is 0 Å². The molecule has 4 heterocycles. The fraction of sp³-hybridized carbons (Fsp3) is 0.435. The predicted molar refractivity (Wildman–Crippen MR) is 140 cm³/mol. The second-order valence-electron chi connectivity index (χ2n) is 9.34. The molecule has 0 spiro atoms. The minimum Gasteiger partial charge on any atom is -0.778 e. The van der Waals surface area contributed by atoms with Gasteiger partial charge >= 0.3 is 12.0 Å². The summed E-state index contributed by atoms with van der Waals surface area (Å²) in [6.45, 7) is 1.40. The number of ether oxygens (including phenoxy) is 3. The van der Waals surface area contributed by atoms with Crippen LogP contribution in [0.15, 0.2) is 43.0 Å². The third-order valence-electron chi connectivity index (χ3n) is 6.34. The van der Waals surface area contributed by atoms with E-state index in [2.05, 4.69) is 29.9 Å². The Bertz CT molecular complexity index is 1570. The molecular formula is C23H26N6O12P2-2. The Labute approximate surface area is 243 Å². The van der Waals surface area contributed by atoms with Gasteiger partial charge in [-0.3, -0.25) is 23.6 Å². The first-order valence-corrected chi connectivity index (χ1v) is 16.1. The van der Waals surface area contributed by atoms with Gasteiger partial charge in [-0.25, -0.2) is 19.7 Å². The Morgan fingerprint density at radius 1 is 1.09 bits per heavy atom. The van der Waals surface area contributed by atoms with E-state index in [1.165, 1.54) is 17.2 Å². The maximum absolute atomic E-state index is 12.3. The molecule has 18 nitrogen and oxygen atoms in total. The Balaban J connectivity index is 1.38. The van der Waals surface area contributed by atoms with Crippen LogP contribution in [-0.4, -0.2) is 74.3 Å². The van der Waals surface area contributed by atoms with Gasteiger partial charge in [-0.05, 0) is 6.92 Å². The van der Waals surface area contributed by atoms with E-state index in [9.17, 15) is 28.5 Å². The van der Waals surface area contributed by atoms with Crippen molar-refractivity contribution in [1.82, 2.24) is 24.8 Å². The number of aromatic nitrogens is 4. The predicted octanol–water partition coefficient (Wildman–Crippen LogP) is 0.878. The number of nitrogens with one attached hydrogen (secondary N) is 2. The summed E-state index contributed by atoms with van der Waals surface area (Å²) in [5.74, 6) is -1.32. The number of anilines is 1. The molecule has 1 aromatic carbocycles. The van der Waals surface area contributed by atoms with E-state index in [0.717, 1.165) is 0 Å². The van der Waals surface area contributed by atoms with Crippen molar-refractivity contribution in [3.63, 3.8) is 0 Å². The lowest BCUT2D eigenvalue weighted by molar-refractivity contribution is -0.235. The molecule has 2 amide bonds. The number of phosphoric acid groups is 1. The quantitative estimate of drug-likeness (QED) is 0.232. The molecule has 3 aromatic rings. The van der Waals surface area contributed by atoms with Crippen LogP contribution < -0.4 is 20.4 Å². The van der Waals surface area contributed by atoms with E-state index in [1.54, 1.807) is 31.2 Å². The monoisotopic (exact) mass is 640 g/mol. The molecule has 43 heavy (non-hydrogen) atoms. The number of phosphoric ester groups is 1. The number of benzene rings is 1. The number of carboxylic acids is 1. The topological polar surface area (TPSA) is 248 Å². The van der Waals surface area contributed by atoms with Crippen LogP contribution in [0.25, 0.3) is 11.2 Å². The summed E-state index contributed by atoms with van der Waals surface area (Å²) in [4.78, 5) is 59.7. The second-order valence-corrected chi connectivity index (χ2v) is 12.8. The molecule has 2 fully saturated rings. The molecule has 2 aliphatic heterocycles. The van der Waals surface area contributed by atoms with Gasteiger partial charge in [-0.15, -0.1) is 0 Å². The summed E-state index contributed by atoms with van der Waals surface area (Å²) in [5.41, 5.74) is 1.16. The molecule has 0 radical (unpaired) electrons. The van der Waals surface area contributed by atoms with Crippen molar-refractivity contribution < 1.29 is 56.7 Å². The summed E-state index contributed by atoms with van der Waals surface area (Å²) < 4.78 is 53.1. The molecular weight excluding hydrogens is 614 g/mol. The van der Waals surface area contributed by atoms with Gasteiger partial charge in [0.05, 0.1) is 19.4 Å². The Kier molecular flexibility index (Phi) is 9.22. The van der Waals surface area contributed by atoms with Crippen molar-refractivity contribution in [2.75, 3.05) is 24.6 Å². The Hall–Kier alpha value is -3.31. The summed E-state index contributed by atoms with van der Waals surface area (Å²) in [5, 5.41) is 13.9. The van der Waals surface area contributed by atoms with E-state index in [0.29, 0.717) is 12.1 Å². The Morgan fingerprint density at radius 3 is 2.56 bits per heavy atom. The smallest absolute Gasteiger partial charge is 0.320 e. The zero-order chi connectivity index (χ0) is 30.8. The molecule has 2 aromatic heterocycles. The van der Waals surface area contributed by atoms with Crippen molar-refractivity contribution in [2.24, 2.45) is 0 Å². The summed E-state index contributed by atoms with van der Waals surface area (Å²) >= 11 is 0. The number of fused-ring (bicyclic) bond motifs is 2. The number of imidazole rings is 1. The Morgan fingerprint density at radius 2 is 1.84 bits per heavy atom. The molecule has 3 unspecified atom stereocenters. The number of hydrogen-bond donors (Lipinski definition) is 3. The van der Waals surface area contributed by atoms with Gasteiger partial charge in [-0.2, -0.15) is 0 Å². The highest BCUT2D eigenvalue weighted by molar-refractivity contribution is 7.62. The van der Waals surface area contributed by atoms with Gasteiger partial charge in [-0.1, -0.05) is 30.3 Å². The maximum Gasteiger partial charge on any atom is 0.320 e. The minimum absolute atomic E-state index is 0.129. The first-order valence-electron chi connectivity index (χ1n) is 12.9. The summed E-state index contributed by atoms with van der Waals surface area (Å²) in [7, 11) is -10.6. The van der Waals surface area contributed by atoms with Crippen LogP contribution in [0.4, 0.5) is 10.6 Å². The number of nitrogens with zero attached hydrogens (tertiary/aromatic N) is 4. The second kappa shape index (κ2) is 12.7. The highest BCUT2D eigenvalue weighted by atomic mass is 31.3. The average Bonchev–Trinajstić information content (AvgIpc) is 3.66. The van der Waals surface area contributed by atoms with Crippen LogP contribution >= 0.6 is 15.4 Å². The number of rotatable bonds is 12. The molecule has 0 aliphatic carbocycles. The van der Waals surface area contributed by atoms with Gasteiger partial charge in [0.15, 0.2) is 29.5 Å². The SMILES string of the molecule is CCNC(=O)Nc1ncnc2c1ncn2[C@@H]1O[C@H](COP(=O)([O-])OP(=O)([O-])CCC(=O)O)C2O[C@H](c3ccccc3)O[C@@H]21. The third kappa shape index (κ3) is 7.26. The van der Waals surface area contributed by atoms with Crippen LogP contribution in [0.2, 0.25) is 0 Å². The largest absolute Gasteiger partial charge is 0.778 e. The van der Waals surface area contributed by atoms with Crippen LogP contribution in [0.1, 0.15) is 31.4 Å². The molecule has 0 bridgehead atoms. The van der Waals surface area contributed by atoms with E-state index in [4.69, 9.17) is 23.8 Å². The highest BCUT2D eigenvalue weighted by Gasteiger charge is 2.54. The van der Waals surface area contributed by atoms with E-state index < -0.39 is 77.4 Å². The third-order valence-corrected chi connectivity index (χ3v) is 9.37. The van der Waals surface area contributed by atoms with Gasteiger partial charge in [0.1, 0.15) is 32.2 Å². The highest BCUT2D eigenvalue weighted by Crippen LogP contribution is 2.56. The molecule has 2 aliphatic rings. The lowest BCUT2D eigenvalue weighted by Gasteiger charge is -2.32. The summed E-state index contributed by atoms with van der Waals surface area (Å²) in [6.07, 6.45) is -4.04. The first-order chi connectivity index (χ1) is 20.5. The lowest BCUT2D eigenvalue weighted by atomic mass is 10.1. The molecule has 0 saturated carbocycles. The van der Waals surface area contributed by atoms with Gasteiger partial charge in [0, 0.05) is 18.3 Å². The molecule has 20 heteroatoms. The first kappa shape index (κ1) is 31.1. The van der Waals surface area contributed by atoms with Crippen LogP contribution in [-0.2, 0) is 37.0 Å². The van der Waals surface area contributed by atoms with Crippen LogP contribution in [0.3, 0.4) is 0 Å². The average molecular weight is 640 g/mol. The minimum atomic E-state index is -5.46. The van der Waals surface area contributed by atoms with Crippen molar-refractivity contribution in [3.05, 3.63) is 48.5 Å². The fourth-order valence-corrected chi connectivity index (χ4v) is 7.04. The van der Waals surface area contributed by atoms with E-state index in [-0.39, 0.29) is 17.0 Å². The molecule has 5 rings (SSSR count). The van der Waals surface area contributed by atoms with Crippen LogP contribution in [0.5, 0.6) is 0 Å². The normalized spacial score (nSPS) is 26.0. The van der Waals surface area contributed by atoms with Crippen molar-refractivity contribution in [1.29, 1.82) is 0 Å². The molecule has 3 N–H and O–H groups in total. The lowest BCUT2D eigenvalue weighted by Crippen LogP contribution is -2.32. The van der Waals surface area contributed by atoms with E-state index >= 15 is 0 Å². The molecule has 232 valence electrons. The van der Waals surface area contributed by atoms with Gasteiger partial charge in [0.2, 0.25) is 0 Å². The maximum atomic E-state index is 12.3. The van der Waals surface area contributed by atoms with Gasteiger partial charge < -0.3 is 43.5 Å². The molecule has 2 saturated heterocycles. The zero-order valence-electron chi connectivity index (χ0n) is 22.4. The number of carbonyl (C=O) groups is 2. The fourth-order valence-electron chi connectivity index (χ4n) is 4.52. The number of carboxylic acid groups (broad SMARTS) is 1. The number of hydrogen-bond acceptors (Lipinski definition) is 14. The van der Waals surface area contributed by atoms with Crippen molar-refractivity contribution >= 4 is 44.4 Å². The van der Waals surface area contributed by atoms with Crippen molar-refractivity contribution in [2.45, 2.75) is 44.2 Å². The number of amides is 2. The standard InChI is InChI=1S/C23H28N6O12P2/c1-2-24-23(32)28-19-16-20(26-11-25-19)29(12-27-16)21-18-17(39-22(40-18)13-6-4-3-5-7-13)14(38-21)10-37-43(35,36)41-42(33,34)9-8-15(30)31/h3-7,11-12,14,17-18,21-22H,2,8-10H2,1H3,(H,30,31)(H,33,34)(H,35,36)(H2,24,25,26,28,32)/p-2/t14-,17?,18+,21-,22+/m1/s1. The van der Waals surface area contributed by atoms with Crippen LogP contribution in [0, 0.1) is 0 Å². The summed E-state index contributed by atoms with van der Waals surface area (Å²) in [6, 6.07) is 8.42.